The number of H-pyrrole nitrogens is 1. The van der Waals surface area contributed by atoms with E-state index >= 15 is 0 Å². The second-order valence-electron chi connectivity index (χ2n) is 8.24. The molecule has 8 heteroatoms. The van der Waals surface area contributed by atoms with Crippen LogP contribution in [0.2, 0.25) is 0 Å². The number of benzene rings is 3. The van der Waals surface area contributed by atoms with Crippen molar-refractivity contribution in [2.75, 3.05) is 23.9 Å². The van der Waals surface area contributed by atoms with Crippen LogP contribution >= 0.6 is 0 Å². The van der Waals surface area contributed by atoms with Gasteiger partial charge >= 0.3 is 5.91 Å². The van der Waals surface area contributed by atoms with E-state index in [4.69, 9.17) is 0 Å². The number of halogens is 1. The number of hydrogen-bond acceptors (Lipinski definition) is 5. The molecule has 1 unspecified atom stereocenters. The molecule has 0 spiro atoms. The first-order valence-corrected chi connectivity index (χ1v) is 10.6. The number of nitrogens with one attached hydrogen (secondary N) is 1. The summed E-state index contributed by atoms with van der Waals surface area (Å²) in [6, 6.07) is 19.0. The van der Waals surface area contributed by atoms with E-state index in [1.807, 2.05) is 31.1 Å². The minimum atomic E-state index is -0.929. The zero-order valence-electron chi connectivity index (χ0n) is 18.5. The summed E-state index contributed by atoms with van der Waals surface area (Å²) in [5.41, 5.74) is 2.77. The molecule has 0 bridgehead atoms. The number of fused-ring (bicyclic) bond motifs is 1. The average molecular weight is 456 g/mol. The van der Waals surface area contributed by atoms with Gasteiger partial charge in [-0.05, 0) is 35.9 Å². The van der Waals surface area contributed by atoms with Gasteiger partial charge in [0.05, 0.1) is 22.6 Å². The average Bonchev–Trinajstić information content (AvgIpc) is 3.37. The zero-order chi connectivity index (χ0) is 24.0. The first-order chi connectivity index (χ1) is 16.3. The minimum Gasteiger partial charge on any atom is -0.507 e. The van der Waals surface area contributed by atoms with Crippen molar-refractivity contribution in [3.05, 3.63) is 95.3 Å². The molecule has 170 valence electrons. The normalized spacial score (nSPS) is 17.5. The van der Waals surface area contributed by atoms with Gasteiger partial charge in [0.15, 0.2) is 0 Å². The topological polar surface area (TPSA) is 89.5 Å². The van der Waals surface area contributed by atoms with Crippen molar-refractivity contribution >= 4 is 40.1 Å². The molecule has 1 fully saturated rings. The van der Waals surface area contributed by atoms with Crippen LogP contribution in [0, 0.1) is 5.82 Å². The highest BCUT2D eigenvalue weighted by atomic mass is 19.1. The predicted molar refractivity (Wildman–Crippen MR) is 128 cm³/mol. The number of carbonyl (C=O) groups is 2. The Morgan fingerprint density at radius 2 is 1.74 bits per heavy atom. The largest absolute Gasteiger partial charge is 0.507 e. The van der Waals surface area contributed by atoms with Crippen LogP contribution in [0.3, 0.4) is 0 Å². The molecule has 0 aliphatic carbocycles. The number of anilines is 2. The molecule has 4 aromatic rings. The Labute approximate surface area is 194 Å². The number of nitrogens with zero attached hydrogens (tertiary/aromatic N) is 3. The Morgan fingerprint density at radius 1 is 1.03 bits per heavy atom. The summed E-state index contributed by atoms with van der Waals surface area (Å²) in [5.74, 6) is -2.29. The predicted octanol–water partition coefficient (Wildman–Crippen LogP) is 4.39. The maximum absolute atomic E-state index is 13.7. The van der Waals surface area contributed by atoms with Crippen LogP contribution < -0.4 is 9.80 Å². The summed E-state index contributed by atoms with van der Waals surface area (Å²) in [4.78, 5) is 37.0. The second kappa shape index (κ2) is 8.15. The lowest BCUT2D eigenvalue weighted by Crippen LogP contribution is -2.30. The molecule has 7 nitrogen and oxygen atoms in total. The third-order valence-electron chi connectivity index (χ3n) is 5.88. The molecule has 1 amide bonds. The van der Waals surface area contributed by atoms with E-state index in [2.05, 4.69) is 9.97 Å². The smallest absolute Gasteiger partial charge is 0.302 e. The molecule has 1 aliphatic rings. The Hall–Kier alpha value is -4.46. The highest BCUT2D eigenvalue weighted by molar-refractivity contribution is 6.51. The molecule has 1 atom stereocenters. The summed E-state index contributed by atoms with van der Waals surface area (Å²) in [5, 5.41) is 11.1. The standard InChI is InChI=1S/C26H21FN4O3/c1-30(2)18-11-8-15(9-12-18)22-21(23(32)16-6-4-3-5-7-16)24(33)25(34)31(22)26-28-19-13-10-17(27)14-20(19)29-26/h3-14,22,32H,1-2H3,(H,28,29)/b23-21+. The monoisotopic (exact) mass is 456 g/mol. The number of ketones is 1. The molecular formula is C26H21FN4O3. The van der Waals surface area contributed by atoms with E-state index in [0.717, 1.165) is 5.69 Å². The molecular weight excluding hydrogens is 435 g/mol. The van der Waals surface area contributed by atoms with Crippen molar-refractivity contribution in [3.8, 4) is 0 Å². The lowest BCUT2D eigenvalue weighted by Gasteiger charge is -2.23. The number of amides is 1. The Morgan fingerprint density at radius 3 is 2.41 bits per heavy atom. The number of carbonyl (C=O) groups excluding carboxylic acids is 2. The number of aromatic nitrogens is 2. The van der Waals surface area contributed by atoms with Gasteiger partial charge in [-0.15, -0.1) is 0 Å². The van der Waals surface area contributed by atoms with Gasteiger partial charge in [-0.1, -0.05) is 42.5 Å². The third-order valence-corrected chi connectivity index (χ3v) is 5.88. The molecule has 0 saturated carbocycles. The fourth-order valence-corrected chi connectivity index (χ4v) is 4.16. The number of hydrogen-bond donors (Lipinski definition) is 2. The molecule has 34 heavy (non-hydrogen) atoms. The maximum Gasteiger partial charge on any atom is 0.302 e. The summed E-state index contributed by atoms with van der Waals surface area (Å²) in [7, 11) is 3.81. The summed E-state index contributed by atoms with van der Waals surface area (Å²) in [6.07, 6.45) is 0. The molecule has 5 rings (SSSR count). The van der Waals surface area contributed by atoms with Crippen molar-refractivity contribution in [3.63, 3.8) is 0 Å². The van der Waals surface area contributed by atoms with Gasteiger partial charge in [-0.2, -0.15) is 0 Å². The SMILES string of the molecule is CN(C)c1ccc(C2/C(=C(\O)c3ccccc3)C(=O)C(=O)N2c2nc3ccc(F)cc3[nH]2)cc1. The maximum atomic E-state index is 13.7. The van der Waals surface area contributed by atoms with Crippen molar-refractivity contribution < 1.29 is 19.1 Å². The molecule has 2 N–H and O–H groups in total. The Kier molecular flexibility index (Phi) is 5.13. The molecule has 1 saturated heterocycles. The fourth-order valence-electron chi connectivity index (χ4n) is 4.16. The van der Waals surface area contributed by atoms with Crippen molar-refractivity contribution in [1.82, 2.24) is 9.97 Å². The van der Waals surface area contributed by atoms with Crippen molar-refractivity contribution in [2.24, 2.45) is 0 Å². The van der Waals surface area contributed by atoms with Gasteiger partial charge in [-0.3, -0.25) is 14.5 Å². The quantitative estimate of drug-likeness (QED) is 0.270. The second-order valence-corrected chi connectivity index (χ2v) is 8.24. The van der Waals surface area contributed by atoms with Crippen molar-refractivity contribution in [1.29, 1.82) is 0 Å². The highest BCUT2D eigenvalue weighted by Crippen LogP contribution is 2.42. The number of aliphatic hydroxyl groups excluding tert-OH is 1. The van der Waals surface area contributed by atoms with Crippen LogP contribution in [0.25, 0.3) is 16.8 Å². The van der Waals surface area contributed by atoms with Crippen LogP contribution in [0.1, 0.15) is 17.2 Å². The van der Waals surface area contributed by atoms with E-state index in [-0.39, 0.29) is 17.3 Å². The van der Waals surface area contributed by atoms with Gasteiger partial charge < -0.3 is 15.0 Å². The van der Waals surface area contributed by atoms with Crippen LogP contribution in [-0.4, -0.2) is 40.9 Å². The Bertz CT molecular complexity index is 1440. The number of aliphatic hydroxyl groups is 1. The fraction of sp³-hybridized carbons (Fsp3) is 0.115. The molecule has 2 heterocycles. The summed E-state index contributed by atoms with van der Waals surface area (Å²) in [6.45, 7) is 0. The van der Waals surface area contributed by atoms with Gasteiger partial charge in [0.2, 0.25) is 5.95 Å². The lowest BCUT2D eigenvalue weighted by molar-refractivity contribution is -0.132. The Balaban J connectivity index is 1.72. The highest BCUT2D eigenvalue weighted by Gasteiger charge is 2.48. The van der Waals surface area contributed by atoms with Gasteiger partial charge in [0.25, 0.3) is 5.78 Å². The first-order valence-electron chi connectivity index (χ1n) is 10.6. The van der Waals surface area contributed by atoms with Crippen LogP contribution in [0.15, 0.2) is 78.4 Å². The molecule has 3 aromatic carbocycles. The van der Waals surface area contributed by atoms with Crippen LogP contribution in [0.4, 0.5) is 16.0 Å². The summed E-state index contributed by atoms with van der Waals surface area (Å²) >= 11 is 0. The van der Waals surface area contributed by atoms with Crippen LogP contribution in [0.5, 0.6) is 0 Å². The molecule has 1 aromatic heterocycles. The number of rotatable bonds is 4. The first kappa shape index (κ1) is 21.4. The van der Waals surface area contributed by atoms with Gasteiger partial charge in [0, 0.05) is 25.3 Å². The number of Topliss-reactive ketones (excluding diaryl/α,β-unsaturated/α-hetero) is 1. The van der Waals surface area contributed by atoms with Gasteiger partial charge in [0.1, 0.15) is 11.6 Å². The molecule has 1 aliphatic heterocycles. The van der Waals surface area contributed by atoms with E-state index < -0.39 is 23.5 Å². The molecule has 0 radical (unpaired) electrons. The number of imidazole rings is 1. The van der Waals surface area contributed by atoms with E-state index in [1.165, 1.54) is 23.1 Å². The zero-order valence-corrected chi connectivity index (χ0v) is 18.5. The lowest BCUT2D eigenvalue weighted by atomic mass is 9.95. The number of aromatic amines is 1. The van der Waals surface area contributed by atoms with E-state index in [0.29, 0.717) is 22.2 Å². The summed E-state index contributed by atoms with van der Waals surface area (Å²) < 4.78 is 13.7. The van der Waals surface area contributed by atoms with Gasteiger partial charge in [-0.25, -0.2) is 9.37 Å². The minimum absolute atomic E-state index is 0.0413. The van der Waals surface area contributed by atoms with Crippen LogP contribution in [-0.2, 0) is 9.59 Å². The third kappa shape index (κ3) is 3.49. The van der Waals surface area contributed by atoms with E-state index in [1.54, 1.807) is 42.5 Å². The van der Waals surface area contributed by atoms with E-state index in [9.17, 15) is 19.1 Å². The van der Waals surface area contributed by atoms with Crippen molar-refractivity contribution in [2.45, 2.75) is 6.04 Å².